The van der Waals surface area contributed by atoms with Crippen molar-refractivity contribution in [2.75, 3.05) is 16.0 Å². The zero-order chi connectivity index (χ0) is 22.5. The molecule has 9 heteroatoms. The summed E-state index contributed by atoms with van der Waals surface area (Å²) in [5.41, 5.74) is 2.01. The van der Waals surface area contributed by atoms with Gasteiger partial charge in [0.15, 0.2) is 0 Å². The van der Waals surface area contributed by atoms with Gasteiger partial charge in [0.25, 0.3) is 5.91 Å². The molecular formula is C23H18F2N6O. The van der Waals surface area contributed by atoms with E-state index in [4.69, 9.17) is 0 Å². The molecule has 0 aliphatic carbocycles. The molecule has 3 N–H and O–H groups in total. The number of aryl methyl sites for hydroxylation is 1. The van der Waals surface area contributed by atoms with E-state index in [1.54, 1.807) is 36.5 Å². The van der Waals surface area contributed by atoms with Crippen molar-refractivity contribution in [3.05, 3.63) is 95.9 Å². The first-order valence-electron chi connectivity index (χ1n) is 9.61. The van der Waals surface area contributed by atoms with Crippen LogP contribution >= 0.6 is 0 Å². The van der Waals surface area contributed by atoms with E-state index in [1.165, 1.54) is 6.33 Å². The molecule has 0 aliphatic heterocycles. The third kappa shape index (κ3) is 5.20. The lowest BCUT2D eigenvalue weighted by molar-refractivity contribution is 0.102. The van der Waals surface area contributed by atoms with Crippen molar-refractivity contribution >= 4 is 34.7 Å². The fraction of sp³-hybridized carbons (Fsp3) is 0.0435. The molecular weight excluding hydrogens is 414 g/mol. The van der Waals surface area contributed by atoms with Crippen LogP contribution in [0, 0.1) is 18.6 Å². The van der Waals surface area contributed by atoms with E-state index < -0.39 is 17.5 Å². The number of amides is 1. The summed E-state index contributed by atoms with van der Waals surface area (Å²) in [5, 5.41) is 8.84. The van der Waals surface area contributed by atoms with Gasteiger partial charge in [-0.3, -0.25) is 4.79 Å². The maximum Gasteiger partial charge on any atom is 0.258 e. The van der Waals surface area contributed by atoms with Crippen LogP contribution in [-0.2, 0) is 0 Å². The van der Waals surface area contributed by atoms with Crippen LogP contribution in [0.25, 0.3) is 0 Å². The lowest BCUT2D eigenvalue weighted by Gasteiger charge is -2.10. The Kier molecular flexibility index (Phi) is 5.98. The van der Waals surface area contributed by atoms with Gasteiger partial charge < -0.3 is 16.0 Å². The Labute approximate surface area is 182 Å². The van der Waals surface area contributed by atoms with E-state index in [9.17, 15) is 13.6 Å². The molecule has 0 spiro atoms. The van der Waals surface area contributed by atoms with Crippen LogP contribution in [0.2, 0.25) is 0 Å². The van der Waals surface area contributed by atoms with Gasteiger partial charge in [0.05, 0.1) is 5.56 Å². The summed E-state index contributed by atoms with van der Waals surface area (Å²) >= 11 is 0. The van der Waals surface area contributed by atoms with Crippen molar-refractivity contribution in [3.8, 4) is 0 Å². The van der Waals surface area contributed by atoms with Crippen LogP contribution in [0.5, 0.6) is 0 Å². The third-order valence-electron chi connectivity index (χ3n) is 4.43. The average Bonchev–Trinajstić information content (AvgIpc) is 2.75. The van der Waals surface area contributed by atoms with Crippen molar-refractivity contribution in [1.82, 2.24) is 15.0 Å². The van der Waals surface area contributed by atoms with Gasteiger partial charge in [-0.1, -0.05) is 0 Å². The second-order valence-corrected chi connectivity index (χ2v) is 6.91. The number of hydrogen-bond acceptors (Lipinski definition) is 6. The molecule has 0 bridgehead atoms. The van der Waals surface area contributed by atoms with Gasteiger partial charge in [-0.05, 0) is 61.0 Å². The predicted octanol–water partition coefficient (Wildman–Crippen LogP) is 5.20. The fourth-order valence-electron chi connectivity index (χ4n) is 2.89. The minimum absolute atomic E-state index is 0.238. The Balaban J connectivity index is 1.41. The third-order valence-corrected chi connectivity index (χ3v) is 4.43. The Hall–Kier alpha value is -4.40. The maximum absolute atomic E-state index is 13.8. The van der Waals surface area contributed by atoms with Crippen molar-refractivity contribution < 1.29 is 13.6 Å². The van der Waals surface area contributed by atoms with Crippen LogP contribution in [0.3, 0.4) is 0 Å². The Morgan fingerprint density at radius 2 is 1.47 bits per heavy atom. The highest BCUT2D eigenvalue weighted by Gasteiger charge is 2.12. The standard InChI is InChI=1S/C23H18F2N6O/c1-14-8-9-26-20(10-14)31-22-12-21(27-13-28-22)29-16-3-5-17(6-4-16)30-23(32)18-7-2-15(24)11-19(18)25/h2-13H,1H3,(H,30,32)(H2,26,27,28,29,31). The smallest absolute Gasteiger partial charge is 0.258 e. The first-order chi connectivity index (χ1) is 15.5. The Morgan fingerprint density at radius 3 is 2.19 bits per heavy atom. The lowest BCUT2D eigenvalue weighted by Crippen LogP contribution is -2.13. The second-order valence-electron chi connectivity index (χ2n) is 6.91. The van der Waals surface area contributed by atoms with Gasteiger partial charge in [0.2, 0.25) is 0 Å². The molecule has 2 aromatic carbocycles. The summed E-state index contributed by atoms with van der Waals surface area (Å²) in [6.45, 7) is 1.97. The van der Waals surface area contributed by atoms with Crippen molar-refractivity contribution in [1.29, 1.82) is 0 Å². The first-order valence-corrected chi connectivity index (χ1v) is 9.61. The van der Waals surface area contributed by atoms with Gasteiger partial charge in [-0.15, -0.1) is 0 Å². The largest absolute Gasteiger partial charge is 0.340 e. The Morgan fingerprint density at radius 1 is 0.781 bits per heavy atom. The van der Waals surface area contributed by atoms with E-state index in [0.29, 0.717) is 34.9 Å². The van der Waals surface area contributed by atoms with Gasteiger partial charge in [-0.2, -0.15) is 0 Å². The zero-order valence-corrected chi connectivity index (χ0v) is 16.9. The van der Waals surface area contributed by atoms with Gasteiger partial charge in [-0.25, -0.2) is 23.7 Å². The summed E-state index contributed by atoms with van der Waals surface area (Å²) in [5.74, 6) is -0.527. The number of rotatable bonds is 6. The maximum atomic E-state index is 13.8. The highest BCUT2D eigenvalue weighted by atomic mass is 19.1. The Bertz CT molecular complexity index is 1260. The number of anilines is 5. The van der Waals surface area contributed by atoms with Crippen LogP contribution in [-0.4, -0.2) is 20.9 Å². The molecule has 4 aromatic rings. The molecule has 2 heterocycles. The number of aromatic nitrogens is 3. The van der Waals surface area contributed by atoms with E-state index in [1.807, 2.05) is 19.1 Å². The van der Waals surface area contributed by atoms with Crippen LogP contribution in [0.4, 0.5) is 37.6 Å². The number of carbonyl (C=O) groups is 1. The molecule has 32 heavy (non-hydrogen) atoms. The topological polar surface area (TPSA) is 91.8 Å². The summed E-state index contributed by atoms with van der Waals surface area (Å²) in [6, 6.07) is 15.1. The minimum Gasteiger partial charge on any atom is -0.340 e. The van der Waals surface area contributed by atoms with E-state index in [2.05, 4.69) is 30.9 Å². The molecule has 0 saturated carbocycles. The monoisotopic (exact) mass is 432 g/mol. The number of nitrogens with zero attached hydrogens (tertiary/aromatic N) is 3. The first kappa shape index (κ1) is 20.9. The number of hydrogen-bond donors (Lipinski definition) is 3. The van der Waals surface area contributed by atoms with Gasteiger partial charge >= 0.3 is 0 Å². The number of carbonyl (C=O) groups excluding carboxylic acids is 1. The molecule has 7 nitrogen and oxygen atoms in total. The molecule has 0 unspecified atom stereocenters. The molecule has 0 aliphatic rings. The summed E-state index contributed by atoms with van der Waals surface area (Å²) < 4.78 is 26.8. The van der Waals surface area contributed by atoms with Crippen LogP contribution in [0.15, 0.2) is 73.2 Å². The predicted molar refractivity (Wildman–Crippen MR) is 118 cm³/mol. The molecule has 2 aromatic heterocycles. The van der Waals surface area contributed by atoms with Crippen LogP contribution < -0.4 is 16.0 Å². The number of nitrogens with one attached hydrogen (secondary N) is 3. The van der Waals surface area contributed by atoms with Crippen molar-refractivity contribution in [2.45, 2.75) is 6.92 Å². The molecule has 0 saturated heterocycles. The van der Waals surface area contributed by atoms with E-state index >= 15 is 0 Å². The average molecular weight is 432 g/mol. The summed E-state index contributed by atoms with van der Waals surface area (Å²) in [7, 11) is 0. The molecule has 4 rings (SSSR count). The number of pyridine rings is 1. The number of benzene rings is 2. The SMILES string of the molecule is Cc1ccnc(Nc2cc(Nc3ccc(NC(=O)c4ccc(F)cc4F)cc3)ncn2)c1. The molecule has 0 radical (unpaired) electrons. The molecule has 0 atom stereocenters. The highest BCUT2D eigenvalue weighted by Crippen LogP contribution is 2.21. The van der Waals surface area contributed by atoms with Gasteiger partial charge in [0.1, 0.15) is 35.4 Å². The van der Waals surface area contributed by atoms with E-state index in [-0.39, 0.29) is 5.56 Å². The van der Waals surface area contributed by atoms with Gasteiger partial charge in [0, 0.05) is 29.7 Å². The van der Waals surface area contributed by atoms with Crippen LogP contribution in [0.1, 0.15) is 15.9 Å². The van der Waals surface area contributed by atoms with Crippen molar-refractivity contribution in [2.24, 2.45) is 0 Å². The minimum atomic E-state index is -0.921. The second kappa shape index (κ2) is 9.17. The van der Waals surface area contributed by atoms with E-state index in [0.717, 1.165) is 17.7 Å². The van der Waals surface area contributed by atoms with Crippen molar-refractivity contribution in [3.63, 3.8) is 0 Å². The normalized spacial score (nSPS) is 10.5. The molecule has 160 valence electrons. The number of halogens is 2. The fourth-order valence-corrected chi connectivity index (χ4v) is 2.89. The highest BCUT2D eigenvalue weighted by molar-refractivity contribution is 6.04. The summed E-state index contributed by atoms with van der Waals surface area (Å²) in [4.78, 5) is 24.8. The molecule has 0 fully saturated rings. The summed E-state index contributed by atoms with van der Waals surface area (Å²) in [6.07, 6.45) is 3.13. The molecule has 1 amide bonds. The lowest BCUT2D eigenvalue weighted by atomic mass is 10.2. The zero-order valence-electron chi connectivity index (χ0n) is 16.9. The quantitative estimate of drug-likeness (QED) is 0.388.